The third-order valence-electron chi connectivity index (χ3n) is 3.88. The molecule has 2 heterocycles. The van der Waals surface area contributed by atoms with Gasteiger partial charge < -0.3 is 14.3 Å². The van der Waals surface area contributed by atoms with Gasteiger partial charge >= 0.3 is 0 Å². The van der Waals surface area contributed by atoms with E-state index in [1.54, 1.807) is 18.2 Å². The Hall–Kier alpha value is -2.49. The van der Waals surface area contributed by atoms with Crippen molar-refractivity contribution < 1.29 is 9.21 Å². The number of nitrogens with one attached hydrogen (secondary N) is 1. The average molecular weight is 282 g/mol. The van der Waals surface area contributed by atoms with E-state index in [0.29, 0.717) is 12.1 Å². The van der Waals surface area contributed by atoms with Crippen molar-refractivity contribution in [3.63, 3.8) is 0 Å². The quantitative estimate of drug-likeness (QED) is 0.797. The Labute approximate surface area is 123 Å². The molecule has 0 saturated carbocycles. The number of aromatic nitrogens is 1. The molecule has 4 nitrogen and oxygen atoms in total. The highest BCUT2D eigenvalue weighted by molar-refractivity contribution is 5.98. The van der Waals surface area contributed by atoms with E-state index < -0.39 is 0 Å². The number of carbonyl (C=O) groups excluding carboxylic acids is 1. The highest BCUT2D eigenvalue weighted by atomic mass is 16.3. The van der Waals surface area contributed by atoms with Gasteiger partial charge in [-0.25, -0.2) is 0 Å². The molecular formula is C17H18N2O2. The van der Waals surface area contributed by atoms with Crippen molar-refractivity contribution in [1.82, 2.24) is 9.88 Å². The Bertz CT molecular complexity index is 785. The van der Waals surface area contributed by atoms with Crippen molar-refractivity contribution in [2.75, 3.05) is 7.05 Å². The van der Waals surface area contributed by atoms with Gasteiger partial charge in [-0.15, -0.1) is 0 Å². The summed E-state index contributed by atoms with van der Waals surface area (Å²) in [6.45, 7) is 4.57. The predicted octanol–water partition coefficient (Wildman–Crippen LogP) is 3.65. The topological polar surface area (TPSA) is 49.2 Å². The predicted molar refractivity (Wildman–Crippen MR) is 82.3 cm³/mol. The van der Waals surface area contributed by atoms with Crippen molar-refractivity contribution in [3.8, 4) is 0 Å². The van der Waals surface area contributed by atoms with Gasteiger partial charge in [0.25, 0.3) is 5.91 Å². The van der Waals surface area contributed by atoms with Crippen molar-refractivity contribution in [2.24, 2.45) is 0 Å². The summed E-state index contributed by atoms with van der Waals surface area (Å²) < 4.78 is 5.28. The first-order chi connectivity index (χ1) is 10.1. The first-order valence-corrected chi connectivity index (χ1v) is 6.93. The highest BCUT2D eigenvalue weighted by Gasteiger charge is 2.15. The largest absolute Gasteiger partial charge is 0.467 e. The number of fused-ring (bicyclic) bond motifs is 1. The van der Waals surface area contributed by atoms with Gasteiger partial charge in [-0.1, -0.05) is 0 Å². The third-order valence-corrected chi connectivity index (χ3v) is 3.88. The van der Waals surface area contributed by atoms with Crippen LogP contribution < -0.4 is 0 Å². The fraction of sp³-hybridized carbons (Fsp3) is 0.235. The van der Waals surface area contributed by atoms with Crippen molar-refractivity contribution in [2.45, 2.75) is 20.4 Å². The molecular weight excluding hydrogens is 264 g/mol. The van der Waals surface area contributed by atoms with Crippen LogP contribution in [0.2, 0.25) is 0 Å². The Kier molecular flexibility index (Phi) is 3.29. The van der Waals surface area contributed by atoms with E-state index in [2.05, 4.69) is 11.9 Å². The second-order valence-electron chi connectivity index (χ2n) is 5.38. The molecule has 0 atom stereocenters. The minimum atomic E-state index is -0.00782. The highest BCUT2D eigenvalue weighted by Crippen LogP contribution is 2.23. The minimum absolute atomic E-state index is 0.00782. The van der Waals surface area contributed by atoms with E-state index in [4.69, 9.17) is 4.42 Å². The van der Waals surface area contributed by atoms with Gasteiger partial charge in [-0.2, -0.15) is 0 Å². The second kappa shape index (κ2) is 5.13. The van der Waals surface area contributed by atoms with Crippen LogP contribution in [0.25, 0.3) is 10.9 Å². The molecule has 1 N–H and O–H groups in total. The van der Waals surface area contributed by atoms with Gasteiger partial charge in [0.1, 0.15) is 5.76 Å². The molecule has 0 bridgehead atoms. The molecule has 0 spiro atoms. The number of hydrogen-bond donors (Lipinski definition) is 1. The molecule has 0 aliphatic carbocycles. The van der Waals surface area contributed by atoms with Crippen LogP contribution in [-0.2, 0) is 6.54 Å². The number of carbonyl (C=O) groups is 1. The number of nitrogens with zero attached hydrogens (tertiary/aromatic N) is 1. The molecule has 0 aliphatic rings. The molecule has 21 heavy (non-hydrogen) atoms. The van der Waals surface area contributed by atoms with Gasteiger partial charge in [-0.05, 0) is 49.7 Å². The lowest BCUT2D eigenvalue weighted by Gasteiger charge is -2.15. The molecule has 0 radical (unpaired) electrons. The summed E-state index contributed by atoms with van der Waals surface area (Å²) in [5.41, 5.74) is 4.08. The summed E-state index contributed by atoms with van der Waals surface area (Å²) >= 11 is 0. The number of aromatic amines is 1. The van der Waals surface area contributed by atoms with Crippen molar-refractivity contribution in [1.29, 1.82) is 0 Å². The molecule has 3 aromatic rings. The number of rotatable bonds is 3. The standard InChI is InChI=1S/C17H18N2O2/c1-11-12(2)18-16-7-6-13(9-15(11)16)17(20)19(3)10-14-5-4-8-21-14/h4-9,18H,10H2,1-3H3. The maximum atomic E-state index is 12.5. The molecule has 3 rings (SSSR count). The second-order valence-corrected chi connectivity index (χ2v) is 5.38. The summed E-state index contributed by atoms with van der Waals surface area (Å²) in [7, 11) is 1.78. The van der Waals surface area contributed by atoms with Crippen LogP contribution in [0.4, 0.5) is 0 Å². The smallest absolute Gasteiger partial charge is 0.254 e. The molecule has 1 aromatic carbocycles. The Balaban J connectivity index is 1.88. The lowest BCUT2D eigenvalue weighted by molar-refractivity contribution is 0.0775. The van der Waals surface area contributed by atoms with Crippen molar-refractivity contribution in [3.05, 3.63) is 59.2 Å². The van der Waals surface area contributed by atoms with Crippen LogP contribution >= 0.6 is 0 Å². The van der Waals surface area contributed by atoms with Crippen LogP contribution in [0, 0.1) is 13.8 Å². The zero-order valence-electron chi connectivity index (χ0n) is 12.4. The number of amides is 1. The van der Waals surface area contributed by atoms with E-state index in [1.807, 2.05) is 37.3 Å². The maximum Gasteiger partial charge on any atom is 0.254 e. The van der Waals surface area contributed by atoms with Gasteiger partial charge in [0.05, 0.1) is 12.8 Å². The maximum absolute atomic E-state index is 12.5. The molecule has 0 fully saturated rings. The van der Waals surface area contributed by atoms with Crippen LogP contribution in [0.3, 0.4) is 0 Å². The summed E-state index contributed by atoms with van der Waals surface area (Å²) in [5.74, 6) is 0.771. The fourth-order valence-electron chi connectivity index (χ4n) is 2.52. The number of H-pyrrole nitrogens is 1. The molecule has 0 saturated heterocycles. The zero-order chi connectivity index (χ0) is 15.0. The first kappa shape index (κ1) is 13.5. The monoisotopic (exact) mass is 282 g/mol. The van der Waals surface area contributed by atoms with Crippen molar-refractivity contribution >= 4 is 16.8 Å². The van der Waals surface area contributed by atoms with Crippen LogP contribution in [0.1, 0.15) is 27.4 Å². The number of furan rings is 1. The van der Waals surface area contributed by atoms with Gasteiger partial charge in [0.15, 0.2) is 0 Å². The summed E-state index contributed by atoms with van der Waals surface area (Å²) in [4.78, 5) is 17.5. The zero-order valence-corrected chi connectivity index (χ0v) is 12.4. The van der Waals surface area contributed by atoms with Gasteiger partial charge in [0, 0.05) is 29.2 Å². The Morgan fingerprint density at radius 2 is 2.10 bits per heavy atom. The van der Waals surface area contributed by atoms with E-state index in [9.17, 15) is 4.79 Å². The first-order valence-electron chi connectivity index (χ1n) is 6.93. The Morgan fingerprint density at radius 1 is 1.29 bits per heavy atom. The average Bonchev–Trinajstić information content (AvgIpc) is 3.07. The van der Waals surface area contributed by atoms with E-state index in [1.165, 1.54) is 5.56 Å². The summed E-state index contributed by atoms with van der Waals surface area (Å²) in [6, 6.07) is 9.47. The molecule has 0 unspecified atom stereocenters. The van der Waals surface area contributed by atoms with Gasteiger partial charge in [-0.3, -0.25) is 4.79 Å². The molecule has 108 valence electrons. The van der Waals surface area contributed by atoms with Crippen LogP contribution in [-0.4, -0.2) is 22.8 Å². The van der Waals surface area contributed by atoms with Crippen LogP contribution in [0.15, 0.2) is 41.0 Å². The van der Waals surface area contributed by atoms with E-state index in [-0.39, 0.29) is 5.91 Å². The summed E-state index contributed by atoms with van der Waals surface area (Å²) in [6.07, 6.45) is 1.62. The van der Waals surface area contributed by atoms with Crippen LogP contribution in [0.5, 0.6) is 0 Å². The minimum Gasteiger partial charge on any atom is -0.467 e. The molecule has 1 amide bonds. The van der Waals surface area contributed by atoms with E-state index >= 15 is 0 Å². The lowest BCUT2D eigenvalue weighted by atomic mass is 10.1. The SMILES string of the molecule is Cc1[nH]c2ccc(C(=O)N(C)Cc3ccco3)cc2c1C. The number of hydrogen-bond acceptors (Lipinski definition) is 2. The van der Waals surface area contributed by atoms with E-state index in [0.717, 1.165) is 22.4 Å². The van der Waals surface area contributed by atoms with Gasteiger partial charge in [0.2, 0.25) is 0 Å². The molecule has 0 aliphatic heterocycles. The molecule has 4 heteroatoms. The lowest BCUT2D eigenvalue weighted by Crippen LogP contribution is -2.25. The molecule has 2 aromatic heterocycles. The third kappa shape index (κ3) is 2.44. The normalized spacial score (nSPS) is 11.0. The number of benzene rings is 1. The fourth-order valence-corrected chi connectivity index (χ4v) is 2.52. The number of aryl methyl sites for hydroxylation is 2. The Morgan fingerprint density at radius 3 is 2.81 bits per heavy atom. The summed E-state index contributed by atoms with van der Waals surface area (Å²) in [5, 5.41) is 1.10.